The van der Waals surface area contributed by atoms with Gasteiger partial charge in [0.1, 0.15) is 18.0 Å². The normalized spacial score (nSPS) is 12.7. The Hall–Kier alpha value is -2.62. The molecule has 0 aliphatic heterocycles. The lowest BCUT2D eigenvalue weighted by molar-refractivity contribution is -0.129. The number of aliphatic hydroxyl groups excluding tert-OH is 1. The molecule has 3 rings (SSSR count). The highest BCUT2D eigenvalue weighted by Crippen LogP contribution is 2.23. The fourth-order valence-electron chi connectivity index (χ4n) is 2.44. The van der Waals surface area contributed by atoms with Gasteiger partial charge in [-0.2, -0.15) is 10.2 Å². The van der Waals surface area contributed by atoms with E-state index in [1.54, 1.807) is 42.4 Å². The fraction of sp³-hybridized carbons (Fsp3) is 0.312. The molecule has 0 unspecified atom stereocenters. The molecule has 0 bridgehead atoms. The van der Waals surface area contributed by atoms with Gasteiger partial charge >= 0.3 is 0 Å². The van der Waals surface area contributed by atoms with Crippen LogP contribution in [-0.2, 0) is 11.4 Å². The van der Waals surface area contributed by atoms with E-state index in [-0.39, 0.29) is 5.82 Å². The number of likely N-dealkylation sites (N-methyl/N-ethyl adjacent to an activating group) is 1. The summed E-state index contributed by atoms with van der Waals surface area (Å²) in [4.78, 5) is 13.2. The molecular formula is C16H19FN6O2. The number of halogens is 1. The first-order chi connectivity index (χ1) is 12.0. The highest BCUT2D eigenvalue weighted by molar-refractivity contribution is 5.90. The van der Waals surface area contributed by atoms with Crippen molar-refractivity contribution in [2.45, 2.75) is 12.6 Å². The topological polar surface area (TPSA) is 88.3 Å². The second kappa shape index (κ2) is 7.51. The summed E-state index contributed by atoms with van der Waals surface area (Å²) in [6.07, 6.45) is 4.14. The van der Waals surface area contributed by atoms with E-state index in [1.807, 2.05) is 0 Å². The molecule has 2 heterocycles. The van der Waals surface area contributed by atoms with E-state index in [1.165, 1.54) is 18.5 Å². The van der Waals surface area contributed by atoms with E-state index >= 15 is 0 Å². The summed E-state index contributed by atoms with van der Waals surface area (Å²) in [5.41, 5.74) is 1.22. The van der Waals surface area contributed by atoms with E-state index in [4.69, 9.17) is 4.84 Å². The summed E-state index contributed by atoms with van der Waals surface area (Å²) < 4.78 is 14.9. The van der Waals surface area contributed by atoms with Crippen LogP contribution in [0, 0.1) is 5.82 Å². The molecule has 0 fully saturated rings. The van der Waals surface area contributed by atoms with Crippen LogP contribution in [0.4, 0.5) is 15.9 Å². The number of benzene rings is 1. The van der Waals surface area contributed by atoms with E-state index in [2.05, 4.69) is 20.4 Å². The average Bonchev–Trinajstić information content (AvgIpc) is 3.01. The predicted molar refractivity (Wildman–Crippen MR) is 90.7 cm³/mol. The molecule has 2 N–H and O–H groups in total. The van der Waals surface area contributed by atoms with Gasteiger partial charge in [0.25, 0.3) is 0 Å². The SMILES string of the molecule is CON(C)C[C@H](O)Cn1cc(Nc2ncnc3cc(F)ccc23)cn1. The van der Waals surface area contributed by atoms with E-state index in [9.17, 15) is 9.50 Å². The second-order valence-electron chi connectivity index (χ2n) is 5.61. The molecule has 2 aromatic heterocycles. The lowest BCUT2D eigenvalue weighted by atomic mass is 10.2. The van der Waals surface area contributed by atoms with Crippen LogP contribution < -0.4 is 5.32 Å². The molecule has 9 heteroatoms. The van der Waals surface area contributed by atoms with Crippen molar-refractivity contribution in [2.75, 3.05) is 26.0 Å². The first kappa shape index (κ1) is 17.2. The van der Waals surface area contributed by atoms with Gasteiger partial charge in [0.15, 0.2) is 0 Å². The summed E-state index contributed by atoms with van der Waals surface area (Å²) >= 11 is 0. The number of rotatable bonds is 7. The van der Waals surface area contributed by atoms with Gasteiger partial charge in [-0.15, -0.1) is 0 Å². The maximum Gasteiger partial charge on any atom is 0.141 e. The van der Waals surface area contributed by atoms with Crippen molar-refractivity contribution < 1.29 is 14.3 Å². The van der Waals surface area contributed by atoms with Crippen LogP contribution in [0.1, 0.15) is 0 Å². The maximum absolute atomic E-state index is 13.3. The van der Waals surface area contributed by atoms with Crippen molar-refractivity contribution in [3.8, 4) is 0 Å². The molecule has 3 aromatic rings. The van der Waals surface area contributed by atoms with Crippen LogP contribution in [-0.4, -0.2) is 56.7 Å². The van der Waals surface area contributed by atoms with Crippen molar-refractivity contribution in [3.05, 3.63) is 42.7 Å². The van der Waals surface area contributed by atoms with Crippen LogP contribution in [0.3, 0.4) is 0 Å². The molecule has 0 saturated heterocycles. The van der Waals surface area contributed by atoms with Crippen LogP contribution in [0.2, 0.25) is 0 Å². The Kier molecular flexibility index (Phi) is 5.17. The summed E-state index contributed by atoms with van der Waals surface area (Å²) in [5.74, 6) is 0.212. The van der Waals surface area contributed by atoms with Crippen molar-refractivity contribution in [1.82, 2.24) is 24.8 Å². The number of aromatic nitrogens is 4. The minimum absolute atomic E-state index is 0.325. The van der Waals surface area contributed by atoms with Gasteiger partial charge in [-0.25, -0.2) is 14.4 Å². The number of fused-ring (bicyclic) bond motifs is 1. The number of nitrogens with one attached hydrogen (secondary N) is 1. The Balaban J connectivity index is 1.71. The lowest BCUT2D eigenvalue weighted by Gasteiger charge is -2.17. The smallest absolute Gasteiger partial charge is 0.141 e. The first-order valence-electron chi connectivity index (χ1n) is 7.68. The summed E-state index contributed by atoms with van der Waals surface area (Å²) in [7, 11) is 3.28. The quantitative estimate of drug-likeness (QED) is 0.628. The molecule has 0 amide bonds. The summed E-state index contributed by atoms with van der Waals surface area (Å²) in [6, 6.07) is 4.35. The predicted octanol–water partition coefficient (Wildman–Crippen LogP) is 1.56. The first-order valence-corrected chi connectivity index (χ1v) is 7.68. The molecule has 0 spiro atoms. The third-order valence-corrected chi connectivity index (χ3v) is 3.67. The number of hydrogen-bond acceptors (Lipinski definition) is 7. The Morgan fingerprint density at radius 3 is 3.04 bits per heavy atom. The fourth-order valence-corrected chi connectivity index (χ4v) is 2.44. The van der Waals surface area contributed by atoms with Gasteiger partial charge in [-0.3, -0.25) is 4.68 Å². The highest BCUT2D eigenvalue weighted by Gasteiger charge is 2.11. The standard InChI is InChI=1S/C16H19FN6O2/c1-22(25-2)8-13(24)9-23-7-12(6-20-23)21-16-14-4-3-11(17)5-15(14)18-10-19-16/h3-7,10,13,24H,8-9H2,1-2H3,(H,18,19,21)/t13-/m0/s1. The Morgan fingerprint density at radius 2 is 2.24 bits per heavy atom. The highest BCUT2D eigenvalue weighted by atomic mass is 19.1. The molecule has 0 aliphatic rings. The molecule has 1 aromatic carbocycles. The third kappa shape index (κ3) is 4.27. The third-order valence-electron chi connectivity index (χ3n) is 3.67. The van der Waals surface area contributed by atoms with Crippen molar-refractivity contribution in [1.29, 1.82) is 0 Å². The van der Waals surface area contributed by atoms with Crippen LogP contribution in [0.25, 0.3) is 10.9 Å². The zero-order chi connectivity index (χ0) is 17.8. The summed E-state index contributed by atoms with van der Waals surface area (Å²) in [5, 5.41) is 19.6. The molecule has 8 nitrogen and oxygen atoms in total. The molecule has 0 radical (unpaired) electrons. The van der Waals surface area contributed by atoms with E-state index < -0.39 is 6.10 Å². The maximum atomic E-state index is 13.3. The van der Waals surface area contributed by atoms with Crippen LogP contribution in [0.5, 0.6) is 0 Å². The molecular weight excluding hydrogens is 327 g/mol. The number of hydroxylamine groups is 2. The largest absolute Gasteiger partial charge is 0.390 e. The molecule has 0 saturated carbocycles. The van der Waals surface area contributed by atoms with Crippen molar-refractivity contribution >= 4 is 22.4 Å². The Labute approximate surface area is 143 Å². The van der Waals surface area contributed by atoms with Gasteiger partial charge < -0.3 is 15.3 Å². The van der Waals surface area contributed by atoms with Gasteiger partial charge in [-0.05, 0) is 12.1 Å². The molecule has 1 atom stereocenters. The monoisotopic (exact) mass is 346 g/mol. The van der Waals surface area contributed by atoms with Crippen LogP contribution in [0.15, 0.2) is 36.9 Å². The van der Waals surface area contributed by atoms with E-state index in [0.717, 1.165) is 0 Å². The zero-order valence-corrected chi connectivity index (χ0v) is 13.9. The summed E-state index contributed by atoms with van der Waals surface area (Å²) in [6.45, 7) is 0.687. The zero-order valence-electron chi connectivity index (χ0n) is 13.9. The second-order valence-corrected chi connectivity index (χ2v) is 5.61. The van der Waals surface area contributed by atoms with Gasteiger partial charge in [0.05, 0.1) is 43.7 Å². The van der Waals surface area contributed by atoms with Crippen molar-refractivity contribution in [2.24, 2.45) is 0 Å². The minimum atomic E-state index is -0.624. The van der Waals surface area contributed by atoms with Gasteiger partial charge in [0.2, 0.25) is 0 Å². The number of hydrogen-bond donors (Lipinski definition) is 2. The van der Waals surface area contributed by atoms with E-state index in [0.29, 0.717) is 35.5 Å². The lowest BCUT2D eigenvalue weighted by Crippen LogP contribution is -2.31. The molecule has 25 heavy (non-hydrogen) atoms. The molecule has 0 aliphatic carbocycles. The number of aliphatic hydroxyl groups is 1. The number of nitrogens with zero attached hydrogens (tertiary/aromatic N) is 5. The minimum Gasteiger partial charge on any atom is -0.390 e. The Morgan fingerprint density at radius 1 is 1.40 bits per heavy atom. The van der Waals surface area contributed by atoms with Crippen LogP contribution >= 0.6 is 0 Å². The van der Waals surface area contributed by atoms with Gasteiger partial charge in [0, 0.05) is 24.7 Å². The van der Waals surface area contributed by atoms with Crippen molar-refractivity contribution in [3.63, 3.8) is 0 Å². The molecule has 132 valence electrons. The Bertz CT molecular complexity index is 856. The van der Waals surface area contributed by atoms with Gasteiger partial charge in [-0.1, -0.05) is 0 Å². The number of anilines is 2. The average molecular weight is 346 g/mol.